The normalized spacial score (nSPS) is 10.3. The maximum absolute atomic E-state index is 11.5. The van der Waals surface area contributed by atoms with E-state index >= 15 is 0 Å². The molecule has 1 rings (SSSR count). The molecule has 0 spiro atoms. The zero-order valence-electron chi connectivity index (χ0n) is 14.1. The minimum atomic E-state index is -0.922. The van der Waals surface area contributed by atoms with Crippen LogP contribution in [0, 0.1) is 20.2 Å². The predicted octanol–water partition coefficient (Wildman–Crippen LogP) is 0.238. The molecule has 26 heavy (non-hydrogen) atoms. The minimum Gasteiger partial charge on any atom is -0.492 e. The lowest BCUT2D eigenvalue weighted by molar-refractivity contribution is -0.396. The molecule has 0 heterocycles. The largest absolute Gasteiger partial charge is 0.492 e. The fourth-order valence-electron chi connectivity index (χ4n) is 2.16. The maximum atomic E-state index is 11.5. The molecule has 12 nitrogen and oxygen atoms in total. The van der Waals surface area contributed by atoms with E-state index in [4.69, 9.17) is 15.2 Å². The van der Waals surface area contributed by atoms with Crippen LogP contribution >= 0.6 is 0 Å². The van der Waals surface area contributed by atoms with E-state index < -0.39 is 33.4 Å². The van der Waals surface area contributed by atoms with Crippen molar-refractivity contribution in [3.63, 3.8) is 0 Å². The van der Waals surface area contributed by atoms with Gasteiger partial charge in [-0.15, -0.1) is 0 Å². The van der Waals surface area contributed by atoms with Crippen molar-refractivity contribution in [3.8, 4) is 11.5 Å². The van der Waals surface area contributed by atoms with Crippen LogP contribution < -0.4 is 20.5 Å². The number of aliphatic hydroxyl groups excluding tert-OH is 1. The van der Waals surface area contributed by atoms with Crippen LogP contribution in [0.2, 0.25) is 0 Å². The Balaban J connectivity index is 3.04. The Hall–Kier alpha value is -2.99. The number of nitro benzene ring substituents is 2. The lowest BCUT2D eigenvalue weighted by Crippen LogP contribution is -2.29. The number of rotatable bonds is 11. The number of aliphatic hydroxyl groups is 1. The average Bonchev–Trinajstić information content (AvgIpc) is 2.61. The molecule has 0 aliphatic heterocycles. The number of nitrogens with zero attached hydrogens (tertiary/aromatic N) is 2. The zero-order valence-corrected chi connectivity index (χ0v) is 14.1. The number of carbonyl (C=O) groups excluding carboxylic acids is 1. The molecule has 144 valence electrons. The van der Waals surface area contributed by atoms with E-state index in [9.17, 15) is 30.1 Å². The van der Waals surface area contributed by atoms with Crippen molar-refractivity contribution < 1.29 is 29.2 Å². The Kier molecular flexibility index (Phi) is 8.18. The molecule has 0 aliphatic rings. The molecule has 0 aliphatic carbocycles. The van der Waals surface area contributed by atoms with Crippen molar-refractivity contribution in [1.82, 2.24) is 5.32 Å². The van der Waals surface area contributed by atoms with Gasteiger partial charge in [-0.25, -0.2) is 0 Å². The molecular formula is C14H20N4O8. The number of amides is 1. The second-order valence-corrected chi connectivity index (χ2v) is 5.02. The van der Waals surface area contributed by atoms with E-state index in [0.29, 0.717) is 13.1 Å². The summed E-state index contributed by atoms with van der Waals surface area (Å²) in [7, 11) is 1.18. The van der Waals surface area contributed by atoms with Crippen LogP contribution in [0.15, 0.2) is 6.07 Å². The van der Waals surface area contributed by atoms with Crippen LogP contribution in [0.1, 0.15) is 18.4 Å². The summed E-state index contributed by atoms with van der Waals surface area (Å²) in [6, 6.07) is 0.946. The third kappa shape index (κ3) is 5.26. The number of nitrogens with one attached hydrogen (secondary N) is 1. The van der Waals surface area contributed by atoms with Crippen molar-refractivity contribution in [1.29, 1.82) is 0 Å². The summed E-state index contributed by atoms with van der Waals surface area (Å²) in [5, 5.41) is 34.3. The van der Waals surface area contributed by atoms with Gasteiger partial charge < -0.3 is 25.6 Å². The lowest BCUT2D eigenvalue weighted by atomic mass is 10.1. The molecule has 0 unspecified atom stereocenters. The first-order valence-electron chi connectivity index (χ1n) is 7.60. The highest BCUT2D eigenvalue weighted by Gasteiger charge is 2.33. The first-order chi connectivity index (χ1) is 12.4. The molecule has 12 heteroatoms. The van der Waals surface area contributed by atoms with Crippen LogP contribution in [0.3, 0.4) is 0 Å². The van der Waals surface area contributed by atoms with E-state index in [1.807, 2.05) is 0 Å². The number of nitrogens with two attached hydrogens (primary N) is 1. The second kappa shape index (κ2) is 10.1. The molecule has 0 fully saturated rings. The highest BCUT2D eigenvalue weighted by atomic mass is 16.6. The van der Waals surface area contributed by atoms with Crippen LogP contribution in [-0.4, -0.2) is 47.7 Å². The number of hydrogen-bond donors (Lipinski definition) is 3. The Morgan fingerprint density at radius 1 is 1.35 bits per heavy atom. The molecule has 1 aromatic rings. The summed E-state index contributed by atoms with van der Waals surface area (Å²) in [5.41, 5.74) is 3.38. The Morgan fingerprint density at radius 3 is 2.54 bits per heavy atom. The monoisotopic (exact) mass is 372 g/mol. The summed E-state index contributed by atoms with van der Waals surface area (Å²) < 4.78 is 10.3. The van der Waals surface area contributed by atoms with Gasteiger partial charge in [0.2, 0.25) is 11.7 Å². The van der Waals surface area contributed by atoms with Crippen LogP contribution in [0.25, 0.3) is 0 Å². The van der Waals surface area contributed by atoms with Crippen molar-refractivity contribution in [3.05, 3.63) is 31.9 Å². The topological polar surface area (TPSA) is 180 Å². The molecule has 0 saturated heterocycles. The SMILES string of the molecule is COc1cc([N+](=O)[O-])c(CO)c([N+](=O)[O-])c1OCCCC(=O)NCCN. The summed E-state index contributed by atoms with van der Waals surface area (Å²) >= 11 is 0. The summed E-state index contributed by atoms with van der Waals surface area (Å²) in [6.07, 6.45) is 0.345. The van der Waals surface area contributed by atoms with E-state index in [1.165, 1.54) is 7.11 Å². The van der Waals surface area contributed by atoms with Gasteiger partial charge in [-0.3, -0.25) is 25.0 Å². The van der Waals surface area contributed by atoms with E-state index in [0.717, 1.165) is 6.07 Å². The molecule has 0 aromatic heterocycles. The third-order valence-corrected chi connectivity index (χ3v) is 3.32. The van der Waals surface area contributed by atoms with E-state index in [1.54, 1.807) is 0 Å². The van der Waals surface area contributed by atoms with Crippen molar-refractivity contribution >= 4 is 17.3 Å². The van der Waals surface area contributed by atoms with E-state index in [-0.39, 0.29) is 36.9 Å². The Bertz CT molecular complexity index is 679. The molecular weight excluding hydrogens is 352 g/mol. The summed E-state index contributed by atoms with van der Waals surface area (Å²) in [4.78, 5) is 32.2. The number of methoxy groups -OCH3 is 1. The molecule has 0 atom stereocenters. The van der Waals surface area contributed by atoms with Gasteiger partial charge in [-0.1, -0.05) is 0 Å². The molecule has 1 aromatic carbocycles. The predicted molar refractivity (Wildman–Crippen MR) is 89.0 cm³/mol. The third-order valence-electron chi connectivity index (χ3n) is 3.32. The van der Waals surface area contributed by atoms with Gasteiger partial charge in [0.1, 0.15) is 5.56 Å². The van der Waals surface area contributed by atoms with Crippen LogP contribution in [-0.2, 0) is 11.4 Å². The van der Waals surface area contributed by atoms with Crippen molar-refractivity contribution in [2.75, 3.05) is 26.8 Å². The van der Waals surface area contributed by atoms with Crippen molar-refractivity contribution in [2.24, 2.45) is 5.73 Å². The first-order valence-corrected chi connectivity index (χ1v) is 7.60. The van der Waals surface area contributed by atoms with Gasteiger partial charge in [0.15, 0.2) is 5.75 Å². The van der Waals surface area contributed by atoms with Gasteiger partial charge in [0.05, 0.1) is 36.2 Å². The summed E-state index contributed by atoms with van der Waals surface area (Å²) in [5.74, 6) is -0.803. The first kappa shape index (κ1) is 21.1. The highest BCUT2D eigenvalue weighted by molar-refractivity contribution is 5.75. The number of ether oxygens (including phenoxy) is 2. The molecule has 4 N–H and O–H groups in total. The average molecular weight is 372 g/mol. The van der Waals surface area contributed by atoms with Gasteiger partial charge in [0.25, 0.3) is 5.69 Å². The molecule has 0 radical (unpaired) electrons. The standard InChI is InChI=1S/C14H20N4O8/c1-25-11-7-10(17(21)22)9(8-19)13(18(23)24)14(11)26-6-2-3-12(20)16-5-4-15/h7,19H,2-6,8,15H2,1H3,(H,16,20). The van der Waals surface area contributed by atoms with Crippen LogP contribution in [0.5, 0.6) is 11.5 Å². The van der Waals surface area contributed by atoms with Gasteiger partial charge >= 0.3 is 5.69 Å². The smallest absolute Gasteiger partial charge is 0.327 e. The van der Waals surface area contributed by atoms with Gasteiger partial charge in [-0.05, 0) is 6.42 Å². The lowest BCUT2D eigenvalue weighted by Gasteiger charge is -2.13. The Morgan fingerprint density at radius 2 is 2.04 bits per heavy atom. The number of carbonyl (C=O) groups is 1. The van der Waals surface area contributed by atoms with Crippen molar-refractivity contribution in [2.45, 2.75) is 19.4 Å². The number of benzene rings is 1. The summed E-state index contributed by atoms with van der Waals surface area (Å²) in [6.45, 7) is -0.357. The minimum absolute atomic E-state index is 0.0735. The Labute approximate surface area is 148 Å². The number of hydrogen-bond acceptors (Lipinski definition) is 9. The quantitative estimate of drug-likeness (QED) is 0.278. The second-order valence-electron chi connectivity index (χ2n) is 5.02. The fourth-order valence-corrected chi connectivity index (χ4v) is 2.16. The maximum Gasteiger partial charge on any atom is 0.327 e. The highest BCUT2D eigenvalue weighted by Crippen LogP contribution is 2.44. The molecule has 0 bridgehead atoms. The van der Waals surface area contributed by atoms with Gasteiger partial charge in [-0.2, -0.15) is 0 Å². The molecule has 0 saturated carbocycles. The van der Waals surface area contributed by atoms with Crippen LogP contribution in [0.4, 0.5) is 11.4 Å². The number of nitro groups is 2. The fraction of sp³-hybridized carbons (Fsp3) is 0.500. The van der Waals surface area contributed by atoms with Gasteiger partial charge in [0, 0.05) is 19.5 Å². The zero-order chi connectivity index (χ0) is 19.7. The van der Waals surface area contributed by atoms with E-state index in [2.05, 4.69) is 5.32 Å². The molecule has 1 amide bonds.